The Morgan fingerprint density at radius 2 is 2.08 bits per heavy atom. The van der Waals surface area contributed by atoms with E-state index < -0.39 is 23.7 Å². The molecule has 1 rings (SSSR count). The number of alkyl halides is 2. The number of aromatic hydroxyl groups is 1. The van der Waals surface area contributed by atoms with Crippen LogP contribution in [0.2, 0.25) is 0 Å². The molecule has 1 heterocycles. The lowest BCUT2D eigenvalue weighted by atomic mass is 10.2. The van der Waals surface area contributed by atoms with Gasteiger partial charge in [-0.2, -0.15) is 0 Å². The first-order chi connectivity index (χ1) is 5.54. The Kier molecular flexibility index (Phi) is 2.21. The van der Waals surface area contributed by atoms with Crippen LogP contribution < -0.4 is 0 Å². The lowest BCUT2D eigenvalue weighted by Gasteiger charge is -2.04. The average Bonchev–Trinajstić information content (AvgIpc) is 2.00. The largest absolute Gasteiger partial charge is 0.504 e. The van der Waals surface area contributed by atoms with Crippen molar-refractivity contribution in [2.75, 3.05) is 0 Å². The Morgan fingerprint density at radius 3 is 2.58 bits per heavy atom. The number of nitrogens with zero attached hydrogens (tertiary/aromatic N) is 1. The smallest absolute Gasteiger partial charge is 0.280 e. The van der Waals surface area contributed by atoms with E-state index in [9.17, 15) is 13.2 Å². The van der Waals surface area contributed by atoms with Crippen molar-refractivity contribution in [1.82, 2.24) is 4.98 Å². The van der Waals surface area contributed by atoms with E-state index in [2.05, 4.69) is 4.98 Å². The van der Waals surface area contributed by atoms with Crippen molar-refractivity contribution in [1.29, 1.82) is 0 Å². The maximum absolute atomic E-state index is 12.7. The van der Waals surface area contributed by atoms with Crippen LogP contribution in [0.5, 0.6) is 5.75 Å². The molecular formula is C7H6F3NO. The number of rotatable bonds is 1. The summed E-state index contributed by atoms with van der Waals surface area (Å²) in [5, 5.41) is 8.72. The molecule has 0 unspecified atom stereocenters. The molecule has 0 saturated carbocycles. The highest BCUT2D eigenvalue weighted by Gasteiger charge is 2.17. The molecule has 0 bridgehead atoms. The van der Waals surface area contributed by atoms with Gasteiger partial charge in [0.15, 0.2) is 11.6 Å². The second kappa shape index (κ2) is 3.00. The zero-order valence-corrected chi connectivity index (χ0v) is 6.18. The van der Waals surface area contributed by atoms with Crippen LogP contribution in [0, 0.1) is 12.7 Å². The molecule has 0 spiro atoms. The minimum absolute atomic E-state index is 0.315. The van der Waals surface area contributed by atoms with Gasteiger partial charge in [-0.3, -0.25) is 4.98 Å². The van der Waals surface area contributed by atoms with Crippen LogP contribution >= 0.6 is 0 Å². The number of hydrogen-bond acceptors (Lipinski definition) is 2. The Hall–Kier alpha value is -1.26. The summed E-state index contributed by atoms with van der Waals surface area (Å²) in [7, 11) is 0. The molecule has 5 heteroatoms. The molecule has 0 aliphatic heterocycles. The first-order valence-electron chi connectivity index (χ1n) is 3.16. The van der Waals surface area contributed by atoms with E-state index in [1.165, 1.54) is 0 Å². The van der Waals surface area contributed by atoms with Crippen molar-refractivity contribution in [3.05, 3.63) is 23.3 Å². The van der Waals surface area contributed by atoms with Crippen molar-refractivity contribution < 1.29 is 18.3 Å². The van der Waals surface area contributed by atoms with Gasteiger partial charge in [0.25, 0.3) is 6.43 Å². The molecule has 0 aliphatic carbocycles. The zero-order chi connectivity index (χ0) is 9.30. The van der Waals surface area contributed by atoms with Gasteiger partial charge >= 0.3 is 0 Å². The Balaban J connectivity index is 3.27. The Morgan fingerprint density at radius 1 is 1.50 bits per heavy atom. The number of pyridine rings is 1. The van der Waals surface area contributed by atoms with E-state index in [0.717, 1.165) is 6.92 Å². The molecule has 0 atom stereocenters. The van der Waals surface area contributed by atoms with Crippen LogP contribution in [0.25, 0.3) is 0 Å². The van der Waals surface area contributed by atoms with Crippen LogP contribution in [0.3, 0.4) is 0 Å². The summed E-state index contributed by atoms with van der Waals surface area (Å²) in [6.07, 6.45) is -2.15. The van der Waals surface area contributed by atoms with Gasteiger partial charge in [0.1, 0.15) is 5.69 Å². The van der Waals surface area contributed by atoms with Crippen molar-refractivity contribution in [3.8, 4) is 5.75 Å². The van der Waals surface area contributed by atoms with Crippen molar-refractivity contribution in [2.24, 2.45) is 0 Å². The molecule has 1 aromatic rings. The summed E-state index contributed by atoms with van der Waals surface area (Å²) in [4.78, 5) is 3.20. The van der Waals surface area contributed by atoms with Gasteiger partial charge in [-0.05, 0) is 6.92 Å². The molecule has 1 aromatic heterocycles. The van der Waals surface area contributed by atoms with Crippen molar-refractivity contribution in [3.63, 3.8) is 0 Å². The second-order valence-electron chi connectivity index (χ2n) is 2.27. The van der Waals surface area contributed by atoms with Crippen LogP contribution in [0.15, 0.2) is 6.20 Å². The van der Waals surface area contributed by atoms with E-state index in [-0.39, 0.29) is 5.56 Å². The number of aromatic nitrogens is 1. The summed E-state index contributed by atoms with van der Waals surface area (Å²) in [5.41, 5.74) is -0.949. The van der Waals surface area contributed by atoms with Crippen molar-refractivity contribution in [2.45, 2.75) is 13.3 Å². The maximum atomic E-state index is 12.7. The highest BCUT2D eigenvalue weighted by atomic mass is 19.3. The molecule has 0 saturated heterocycles. The lowest BCUT2D eigenvalue weighted by molar-refractivity contribution is 0.144. The van der Waals surface area contributed by atoms with E-state index >= 15 is 0 Å². The molecular weight excluding hydrogens is 171 g/mol. The minimum Gasteiger partial charge on any atom is -0.504 e. The molecule has 0 fully saturated rings. The van der Waals surface area contributed by atoms with E-state index in [4.69, 9.17) is 5.11 Å². The summed E-state index contributed by atoms with van der Waals surface area (Å²) >= 11 is 0. The van der Waals surface area contributed by atoms with Gasteiger partial charge in [0.05, 0.1) is 6.20 Å². The summed E-state index contributed by atoms with van der Waals surface area (Å²) < 4.78 is 36.8. The highest BCUT2D eigenvalue weighted by molar-refractivity contribution is 5.30. The third kappa shape index (κ3) is 1.34. The molecule has 0 radical (unpaired) electrons. The SMILES string of the molecule is Cc1c(C(F)F)ncc(O)c1F. The van der Waals surface area contributed by atoms with Gasteiger partial charge in [-0.1, -0.05) is 0 Å². The third-order valence-electron chi connectivity index (χ3n) is 1.47. The van der Waals surface area contributed by atoms with Gasteiger partial charge in [-0.15, -0.1) is 0 Å². The molecule has 0 aliphatic rings. The standard InChI is InChI=1S/C7H6F3NO/c1-3-5(8)4(12)2-11-6(3)7(9)10/h2,7,12H,1H3. The predicted molar refractivity (Wildman–Crippen MR) is 35.6 cm³/mol. The zero-order valence-electron chi connectivity index (χ0n) is 6.18. The normalized spacial score (nSPS) is 10.8. The third-order valence-corrected chi connectivity index (χ3v) is 1.47. The van der Waals surface area contributed by atoms with Crippen LogP contribution in [-0.2, 0) is 0 Å². The molecule has 0 aromatic carbocycles. The fourth-order valence-electron chi connectivity index (χ4n) is 0.809. The molecule has 2 nitrogen and oxygen atoms in total. The van der Waals surface area contributed by atoms with E-state index in [1.54, 1.807) is 0 Å². The summed E-state index contributed by atoms with van der Waals surface area (Å²) in [6.45, 7) is 1.14. The van der Waals surface area contributed by atoms with Gasteiger partial charge in [0.2, 0.25) is 0 Å². The van der Waals surface area contributed by atoms with Crippen molar-refractivity contribution >= 4 is 0 Å². The second-order valence-corrected chi connectivity index (χ2v) is 2.27. The Bertz CT molecular complexity index is 301. The molecule has 66 valence electrons. The van der Waals surface area contributed by atoms with E-state index in [0.29, 0.717) is 6.20 Å². The van der Waals surface area contributed by atoms with Gasteiger partial charge < -0.3 is 5.11 Å². The minimum atomic E-state index is -2.82. The first-order valence-corrected chi connectivity index (χ1v) is 3.16. The quantitative estimate of drug-likeness (QED) is 0.713. The fraction of sp³-hybridized carbons (Fsp3) is 0.286. The molecule has 0 amide bonds. The molecule has 1 N–H and O–H groups in total. The van der Waals surface area contributed by atoms with Gasteiger partial charge in [0, 0.05) is 5.56 Å². The van der Waals surface area contributed by atoms with Crippen LogP contribution in [-0.4, -0.2) is 10.1 Å². The molecule has 12 heavy (non-hydrogen) atoms. The highest BCUT2D eigenvalue weighted by Crippen LogP contribution is 2.25. The van der Waals surface area contributed by atoms with E-state index in [1.807, 2.05) is 0 Å². The summed E-state index contributed by atoms with van der Waals surface area (Å²) in [6, 6.07) is 0. The fourth-order valence-corrected chi connectivity index (χ4v) is 0.809. The number of hydrogen-bond donors (Lipinski definition) is 1. The van der Waals surface area contributed by atoms with Crippen LogP contribution in [0.4, 0.5) is 13.2 Å². The Labute approximate surface area is 66.7 Å². The predicted octanol–water partition coefficient (Wildman–Crippen LogP) is 2.17. The van der Waals surface area contributed by atoms with Gasteiger partial charge in [-0.25, -0.2) is 13.2 Å². The first kappa shape index (κ1) is 8.83. The lowest BCUT2D eigenvalue weighted by Crippen LogP contribution is -1.97. The van der Waals surface area contributed by atoms with Crippen LogP contribution in [0.1, 0.15) is 17.7 Å². The maximum Gasteiger partial charge on any atom is 0.280 e. The average molecular weight is 177 g/mol. The monoisotopic (exact) mass is 177 g/mol. The summed E-state index contributed by atoms with van der Waals surface area (Å²) in [5.74, 6) is -1.75. The number of halogens is 3. The topological polar surface area (TPSA) is 33.1 Å².